The number of rotatable bonds is 3. The van der Waals surface area contributed by atoms with Crippen LogP contribution < -0.4 is 4.74 Å². The van der Waals surface area contributed by atoms with Gasteiger partial charge < -0.3 is 4.74 Å². The minimum absolute atomic E-state index is 0.667. The molecule has 0 aliphatic rings. The Morgan fingerprint density at radius 3 is 1.90 bits per heavy atom. The van der Waals surface area contributed by atoms with E-state index in [1.807, 2.05) is 0 Å². The van der Waals surface area contributed by atoms with E-state index in [9.17, 15) is 30.4 Å². The lowest BCUT2D eigenvalue weighted by molar-refractivity contribution is -0.140. The van der Waals surface area contributed by atoms with Gasteiger partial charge in [-0.05, 0) is 20.8 Å². The molecular formula is C12H13F5O3S. The summed E-state index contributed by atoms with van der Waals surface area (Å²) in [4.78, 5) is -1.37. The molecule has 0 spiro atoms. The molecule has 0 amide bonds. The molecule has 0 radical (unpaired) electrons. The zero-order valence-corrected chi connectivity index (χ0v) is 12.4. The van der Waals surface area contributed by atoms with Gasteiger partial charge in [-0.25, -0.2) is 12.8 Å². The average molecular weight is 332 g/mol. The van der Waals surface area contributed by atoms with Crippen LogP contribution in [0.15, 0.2) is 4.90 Å². The largest absolute Gasteiger partial charge is 0.492 e. The van der Waals surface area contributed by atoms with Crippen molar-refractivity contribution in [2.24, 2.45) is 0 Å². The summed E-state index contributed by atoms with van der Waals surface area (Å²) in [6.45, 7) is 2.93. The lowest BCUT2D eigenvalue weighted by Gasteiger charge is -2.21. The molecule has 0 N–H and O–H groups in total. The lowest BCUT2D eigenvalue weighted by atomic mass is 10.1. The Bertz CT molecular complexity index is 663. The van der Waals surface area contributed by atoms with Gasteiger partial charge in [-0.1, -0.05) is 0 Å². The number of hydrogen-bond donors (Lipinski definition) is 0. The number of ether oxygens (including phenoxy) is 1. The zero-order valence-electron chi connectivity index (χ0n) is 11.6. The SMILES string of the molecule is COc1c(F)c(F)c(C)c(C(F)(F)F)c1S(=O)(=O)C(C)C. The fourth-order valence-electron chi connectivity index (χ4n) is 1.79. The van der Waals surface area contributed by atoms with Gasteiger partial charge >= 0.3 is 6.18 Å². The second-order valence-corrected chi connectivity index (χ2v) is 7.02. The third-order valence-electron chi connectivity index (χ3n) is 2.92. The highest BCUT2D eigenvalue weighted by molar-refractivity contribution is 7.92. The van der Waals surface area contributed by atoms with Crippen LogP contribution in [0.4, 0.5) is 22.0 Å². The van der Waals surface area contributed by atoms with Crippen LogP contribution in [-0.4, -0.2) is 20.8 Å². The van der Waals surface area contributed by atoms with Crippen molar-refractivity contribution in [1.82, 2.24) is 0 Å². The molecule has 0 bridgehead atoms. The third-order valence-corrected chi connectivity index (χ3v) is 5.12. The van der Waals surface area contributed by atoms with Crippen LogP contribution >= 0.6 is 0 Å². The summed E-state index contributed by atoms with van der Waals surface area (Å²) in [6, 6.07) is 0. The van der Waals surface area contributed by atoms with Gasteiger partial charge in [0.25, 0.3) is 0 Å². The van der Waals surface area contributed by atoms with Gasteiger partial charge in [0.2, 0.25) is 5.82 Å². The van der Waals surface area contributed by atoms with Gasteiger partial charge in [0.05, 0.1) is 17.9 Å². The molecule has 0 aliphatic carbocycles. The first-order valence-corrected chi connectivity index (χ1v) is 7.28. The number of sulfone groups is 1. The van der Waals surface area contributed by atoms with Crippen molar-refractivity contribution in [2.45, 2.75) is 37.1 Å². The van der Waals surface area contributed by atoms with E-state index >= 15 is 0 Å². The maximum Gasteiger partial charge on any atom is 0.418 e. The molecule has 0 aromatic heterocycles. The zero-order chi connectivity index (χ0) is 16.7. The molecule has 0 fully saturated rings. The van der Waals surface area contributed by atoms with Gasteiger partial charge in [0.15, 0.2) is 21.4 Å². The van der Waals surface area contributed by atoms with E-state index in [1.54, 1.807) is 0 Å². The Morgan fingerprint density at radius 1 is 1.10 bits per heavy atom. The molecule has 1 aromatic carbocycles. The summed E-state index contributed by atoms with van der Waals surface area (Å²) in [7, 11) is -3.78. The third kappa shape index (κ3) is 2.83. The van der Waals surface area contributed by atoms with Gasteiger partial charge in [0, 0.05) is 5.56 Å². The Labute approximate surface area is 118 Å². The first kappa shape index (κ1) is 17.7. The van der Waals surface area contributed by atoms with Gasteiger partial charge in [-0.2, -0.15) is 17.6 Å². The van der Waals surface area contributed by atoms with Crippen LogP contribution in [0, 0.1) is 18.6 Å². The standard InChI is InChI=1S/C12H13F5O3S/c1-5(2)21(18,19)11-7(12(15,16)17)6(3)8(13)9(14)10(11)20-4/h5H,1-4H3. The Balaban J connectivity index is 4.10. The van der Waals surface area contributed by atoms with Gasteiger partial charge in [-0.15, -0.1) is 0 Å². The van der Waals surface area contributed by atoms with Gasteiger partial charge in [0.1, 0.15) is 4.90 Å². The van der Waals surface area contributed by atoms with Crippen molar-refractivity contribution < 1.29 is 35.1 Å². The summed E-state index contributed by atoms with van der Waals surface area (Å²) < 4.78 is 95.3. The van der Waals surface area contributed by atoms with E-state index in [0.717, 1.165) is 21.0 Å². The monoisotopic (exact) mass is 332 g/mol. The second-order valence-electron chi connectivity index (χ2n) is 4.58. The molecule has 1 aromatic rings. The molecular weight excluding hydrogens is 319 g/mol. The van der Waals surface area contributed by atoms with Crippen LogP contribution in [0.25, 0.3) is 0 Å². The molecule has 9 heteroatoms. The van der Waals surface area contributed by atoms with Crippen molar-refractivity contribution in [3.63, 3.8) is 0 Å². The predicted molar refractivity (Wildman–Crippen MR) is 65.0 cm³/mol. The smallest absolute Gasteiger partial charge is 0.418 e. The van der Waals surface area contributed by atoms with Crippen molar-refractivity contribution in [2.75, 3.05) is 7.11 Å². The van der Waals surface area contributed by atoms with E-state index in [4.69, 9.17) is 0 Å². The summed E-state index contributed by atoms with van der Waals surface area (Å²) >= 11 is 0. The maximum atomic E-state index is 13.8. The molecule has 1 rings (SSSR count). The predicted octanol–water partition coefficient (Wildman–Crippen LogP) is 3.48. The fraction of sp³-hybridized carbons (Fsp3) is 0.500. The molecule has 0 heterocycles. The van der Waals surface area contributed by atoms with Crippen molar-refractivity contribution >= 4 is 9.84 Å². The normalized spacial score (nSPS) is 12.9. The topological polar surface area (TPSA) is 43.4 Å². The first-order valence-electron chi connectivity index (χ1n) is 5.74. The number of hydrogen-bond acceptors (Lipinski definition) is 3. The number of benzene rings is 1. The fourth-order valence-corrected chi connectivity index (χ4v) is 3.24. The van der Waals surface area contributed by atoms with Crippen LogP contribution in [0.5, 0.6) is 5.75 Å². The van der Waals surface area contributed by atoms with Crippen LogP contribution in [0.3, 0.4) is 0 Å². The van der Waals surface area contributed by atoms with Crippen LogP contribution in [0.1, 0.15) is 25.0 Å². The molecule has 0 unspecified atom stereocenters. The average Bonchev–Trinajstić information content (AvgIpc) is 2.33. The number of alkyl halides is 3. The molecule has 21 heavy (non-hydrogen) atoms. The van der Waals surface area contributed by atoms with Crippen LogP contribution in [0.2, 0.25) is 0 Å². The van der Waals surface area contributed by atoms with E-state index in [2.05, 4.69) is 4.74 Å². The molecule has 0 saturated heterocycles. The quantitative estimate of drug-likeness (QED) is 0.629. The number of methoxy groups -OCH3 is 1. The van der Waals surface area contributed by atoms with E-state index in [-0.39, 0.29) is 0 Å². The highest BCUT2D eigenvalue weighted by Gasteiger charge is 2.44. The van der Waals surface area contributed by atoms with Crippen LogP contribution in [-0.2, 0) is 16.0 Å². The highest BCUT2D eigenvalue weighted by Crippen LogP contribution is 2.44. The molecule has 0 atom stereocenters. The maximum absolute atomic E-state index is 13.8. The first-order chi connectivity index (χ1) is 9.37. The highest BCUT2D eigenvalue weighted by atomic mass is 32.2. The summed E-state index contributed by atoms with van der Waals surface area (Å²) in [6.07, 6.45) is -5.18. The number of halogens is 5. The van der Waals surface area contributed by atoms with E-state index in [1.165, 1.54) is 0 Å². The summed E-state index contributed by atoms with van der Waals surface area (Å²) in [5.41, 5.74) is -2.87. The second kappa shape index (κ2) is 5.43. The molecule has 3 nitrogen and oxygen atoms in total. The lowest BCUT2D eigenvalue weighted by Crippen LogP contribution is -2.23. The molecule has 0 aliphatic heterocycles. The van der Waals surface area contributed by atoms with E-state index in [0.29, 0.717) is 6.92 Å². The molecule has 120 valence electrons. The Hall–Kier alpha value is -1.38. The van der Waals surface area contributed by atoms with E-state index < -0.39 is 54.7 Å². The molecule has 0 saturated carbocycles. The Kier molecular flexibility index (Phi) is 4.57. The van der Waals surface area contributed by atoms with Crippen molar-refractivity contribution in [3.05, 3.63) is 22.8 Å². The minimum atomic E-state index is -5.18. The summed E-state index contributed by atoms with van der Waals surface area (Å²) in [5, 5.41) is -1.27. The minimum Gasteiger partial charge on any atom is -0.492 e. The van der Waals surface area contributed by atoms with Crippen molar-refractivity contribution in [1.29, 1.82) is 0 Å². The van der Waals surface area contributed by atoms with Crippen molar-refractivity contribution in [3.8, 4) is 5.75 Å². The Morgan fingerprint density at radius 2 is 1.57 bits per heavy atom. The summed E-state index contributed by atoms with van der Waals surface area (Å²) in [5.74, 6) is -4.82. The van der Waals surface area contributed by atoms with Gasteiger partial charge in [-0.3, -0.25) is 0 Å².